The average molecular weight is 515 g/mol. The Kier molecular flexibility index (Phi) is 7.11. The van der Waals surface area contributed by atoms with Gasteiger partial charge in [-0.25, -0.2) is 13.8 Å². The fourth-order valence-electron chi connectivity index (χ4n) is 3.17. The largest absolute Gasteiger partial charge is 0.493 e. The van der Waals surface area contributed by atoms with Crippen molar-refractivity contribution < 1.29 is 32.6 Å². The number of fused-ring (bicyclic) bond motifs is 1. The van der Waals surface area contributed by atoms with Crippen LogP contribution in [0, 0.1) is 11.6 Å². The average Bonchev–Trinajstić information content (AvgIpc) is 2.86. The Labute approximate surface area is 208 Å². The third kappa shape index (κ3) is 5.26. The van der Waals surface area contributed by atoms with Crippen molar-refractivity contribution in [3.8, 4) is 23.1 Å². The first-order chi connectivity index (χ1) is 17.3. The fraction of sp³-hybridized carbons (Fsp3) is 0.0833. The number of amides is 2. The Morgan fingerprint density at radius 3 is 2.31 bits per heavy atom. The van der Waals surface area contributed by atoms with Gasteiger partial charge in [0.05, 0.1) is 37.3 Å². The Morgan fingerprint density at radius 1 is 0.889 bits per heavy atom. The molecule has 0 atom stereocenters. The van der Waals surface area contributed by atoms with E-state index in [0.29, 0.717) is 34.2 Å². The molecular formula is C24H17ClF2N4O5. The second-order valence-electron chi connectivity index (χ2n) is 7.18. The maximum absolute atomic E-state index is 13.7. The molecule has 12 heteroatoms. The summed E-state index contributed by atoms with van der Waals surface area (Å²) in [7, 11) is 3.02. The van der Waals surface area contributed by atoms with Gasteiger partial charge in [-0.2, -0.15) is 0 Å². The SMILES string of the molecule is COc1cc2nccc(Oc3ncc(NC(=O)C(=O)Nc4ccc(F)cc4F)cc3Cl)c2cc1OC. The summed E-state index contributed by atoms with van der Waals surface area (Å²) in [4.78, 5) is 32.7. The summed E-state index contributed by atoms with van der Waals surface area (Å²) >= 11 is 6.28. The van der Waals surface area contributed by atoms with Crippen molar-refractivity contribution in [2.24, 2.45) is 0 Å². The van der Waals surface area contributed by atoms with Crippen LogP contribution in [-0.4, -0.2) is 36.0 Å². The summed E-state index contributed by atoms with van der Waals surface area (Å²) in [6.45, 7) is 0. The van der Waals surface area contributed by atoms with Gasteiger partial charge in [-0.15, -0.1) is 0 Å². The highest BCUT2D eigenvalue weighted by Gasteiger charge is 2.18. The van der Waals surface area contributed by atoms with Crippen LogP contribution in [0.15, 0.2) is 54.9 Å². The third-order valence-corrected chi connectivity index (χ3v) is 5.14. The topological polar surface area (TPSA) is 112 Å². The van der Waals surface area contributed by atoms with E-state index in [2.05, 4.69) is 20.6 Å². The lowest BCUT2D eigenvalue weighted by Gasteiger charge is -2.13. The number of ether oxygens (including phenoxy) is 3. The van der Waals surface area contributed by atoms with Crippen molar-refractivity contribution >= 4 is 45.7 Å². The van der Waals surface area contributed by atoms with E-state index in [1.54, 1.807) is 18.2 Å². The maximum atomic E-state index is 13.7. The summed E-state index contributed by atoms with van der Waals surface area (Å²) in [6.07, 6.45) is 2.76. The number of rotatable bonds is 6. The van der Waals surface area contributed by atoms with E-state index in [-0.39, 0.29) is 22.3 Å². The molecule has 2 aromatic carbocycles. The van der Waals surface area contributed by atoms with E-state index in [4.69, 9.17) is 25.8 Å². The van der Waals surface area contributed by atoms with Gasteiger partial charge in [0.15, 0.2) is 11.5 Å². The molecule has 2 amide bonds. The number of hydrogen-bond acceptors (Lipinski definition) is 7. The van der Waals surface area contributed by atoms with Gasteiger partial charge < -0.3 is 24.8 Å². The summed E-state index contributed by atoms with van der Waals surface area (Å²) in [5.74, 6) is -2.77. The summed E-state index contributed by atoms with van der Waals surface area (Å²) in [6, 6.07) is 8.83. The van der Waals surface area contributed by atoms with Gasteiger partial charge in [0.2, 0.25) is 5.88 Å². The molecule has 0 bridgehead atoms. The van der Waals surface area contributed by atoms with Crippen LogP contribution in [0.4, 0.5) is 20.2 Å². The molecule has 0 aliphatic rings. The Balaban J connectivity index is 1.50. The molecule has 0 fully saturated rings. The van der Waals surface area contributed by atoms with Crippen LogP contribution in [0.3, 0.4) is 0 Å². The molecule has 36 heavy (non-hydrogen) atoms. The minimum atomic E-state index is -1.18. The van der Waals surface area contributed by atoms with Crippen LogP contribution in [0.2, 0.25) is 5.02 Å². The number of benzene rings is 2. The lowest BCUT2D eigenvalue weighted by molar-refractivity contribution is -0.133. The third-order valence-electron chi connectivity index (χ3n) is 4.86. The van der Waals surface area contributed by atoms with Crippen LogP contribution >= 0.6 is 11.6 Å². The van der Waals surface area contributed by atoms with E-state index >= 15 is 0 Å². The van der Waals surface area contributed by atoms with E-state index in [9.17, 15) is 18.4 Å². The summed E-state index contributed by atoms with van der Waals surface area (Å²) < 4.78 is 43.2. The molecule has 4 aromatic rings. The number of methoxy groups -OCH3 is 2. The van der Waals surface area contributed by atoms with Crippen LogP contribution in [0.1, 0.15) is 0 Å². The molecule has 0 saturated heterocycles. The number of halogens is 3. The van der Waals surface area contributed by atoms with Crippen molar-refractivity contribution in [1.29, 1.82) is 0 Å². The molecule has 0 aliphatic heterocycles. The molecule has 9 nitrogen and oxygen atoms in total. The molecule has 2 aromatic heterocycles. The first kappa shape index (κ1) is 24.6. The number of anilines is 2. The molecule has 4 rings (SSSR count). The van der Waals surface area contributed by atoms with Crippen LogP contribution in [-0.2, 0) is 9.59 Å². The van der Waals surface area contributed by atoms with E-state index in [1.807, 2.05) is 0 Å². The van der Waals surface area contributed by atoms with Gasteiger partial charge in [-0.05, 0) is 30.3 Å². The first-order valence-corrected chi connectivity index (χ1v) is 10.6. The van der Waals surface area contributed by atoms with Gasteiger partial charge in [0, 0.05) is 23.7 Å². The predicted octanol–water partition coefficient (Wildman–Crippen LogP) is 4.95. The Morgan fingerprint density at radius 2 is 1.61 bits per heavy atom. The normalized spacial score (nSPS) is 10.6. The van der Waals surface area contributed by atoms with E-state index in [1.165, 1.54) is 32.7 Å². The fourth-order valence-corrected chi connectivity index (χ4v) is 3.37. The van der Waals surface area contributed by atoms with E-state index in [0.717, 1.165) is 12.1 Å². The standard InChI is InChI=1S/C24H17ClF2N4O5/c1-34-20-9-14-18(10-21(20)35-2)28-6-5-19(14)36-24-15(25)8-13(11-29-24)30-22(32)23(33)31-17-4-3-12(26)7-16(17)27/h3-11H,1-2H3,(H,30,32)(H,31,33). The van der Waals surface area contributed by atoms with Gasteiger partial charge >= 0.3 is 11.8 Å². The van der Waals surface area contributed by atoms with Crippen molar-refractivity contribution in [1.82, 2.24) is 9.97 Å². The molecule has 0 spiro atoms. The maximum Gasteiger partial charge on any atom is 0.314 e. The molecule has 0 radical (unpaired) electrons. The van der Waals surface area contributed by atoms with Gasteiger partial charge in [0.1, 0.15) is 22.4 Å². The van der Waals surface area contributed by atoms with Crippen molar-refractivity contribution in [2.45, 2.75) is 0 Å². The van der Waals surface area contributed by atoms with Crippen molar-refractivity contribution in [3.63, 3.8) is 0 Å². The smallest absolute Gasteiger partial charge is 0.314 e. The van der Waals surface area contributed by atoms with Crippen LogP contribution in [0.5, 0.6) is 23.1 Å². The lowest BCUT2D eigenvalue weighted by Crippen LogP contribution is -2.29. The highest BCUT2D eigenvalue weighted by molar-refractivity contribution is 6.43. The molecule has 184 valence electrons. The number of pyridine rings is 2. The number of carbonyl (C=O) groups excluding carboxylic acids is 2. The highest BCUT2D eigenvalue weighted by Crippen LogP contribution is 2.38. The molecule has 2 heterocycles. The molecule has 0 aliphatic carbocycles. The number of hydrogen-bond donors (Lipinski definition) is 2. The Bertz CT molecular complexity index is 1480. The number of nitrogens with zero attached hydrogens (tertiary/aromatic N) is 2. The summed E-state index contributed by atoms with van der Waals surface area (Å²) in [5, 5.41) is 4.98. The number of aromatic nitrogens is 2. The molecular weight excluding hydrogens is 498 g/mol. The van der Waals surface area contributed by atoms with Crippen LogP contribution in [0.25, 0.3) is 10.9 Å². The quantitative estimate of drug-likeness (QED) is 0.350. The first-order valence-electron chi connectivity index (χ1n) is 10.2. The minimum absolute atomic E-state index is 0.0229. The lowest BCUT2D eigenvalue weighted by atomic mass is 10.2. The molecule has 0 unspecified atom stereocenters. The zero-order chi connectivity index (χ0) is 25.8. The van der Waals surface area contributed by atoms with Crippen molar-refractivity contribution in [2.75, 3.05) is 24.9 Å². The summed E-state index contributed by atoms with van der Waals surface area (Å²) in [5.41, 5.74) is 0.308. The zero-order valence-electron chi connectivity index (χ0n) is 18.8. The van der Waals surface area contributed by atoms with Gasteiger partial charge in [-0.3, -0.25) is 14.6 Å². The second-order valence-corrected chi connectivity index (χ2v) is 7.59. The Hall–Kier alpha value is -4.51. The van der Waals surface area contributed by atoms with E-state index < -0.39 is 23.4 Å². The second kappa shape index (κ2) is 10.4. The minimum Gasteiger partial charge on any atom is -0.493 e. The van der Waals surface area contributed by atoms with Gasteiger partial charge in [-0.1, -0.05) is 11.6 Å². The number of carbonyl (C=O) groups is 2. The predicted molar refractivity (Wildman–Crippen MR) is 128 cm³/mol. The zero-order valence-corrected chi connectivity index (χ0v) is 19.5. The highest BCUT2D eigenvalue weighted by atomic mass is 35.5. The monoisotopic (exact) mass is 514 g/mol. The van der Waals surface area contributed by atoms with Crippen LogP contribution < -0.4 is 24.8 Å². The van der Waals surface area contributed by atoms with Gasteiger partial charge in [0.25, 0.3) is 0 Å². The number of nitrogens with one attached hydrogen (secondary N) is 2. The molecule has 0 saturated carbocycles. The van der Waals surface area contributed by atoms with Crippen molar-refractivity contribution in [3.05, 3.63) is 71.5 Å². The molecule has 2 N–H and O–H groups in total.